The van der Waals surface area contributed by atoms with E-state index in [1.807, 2.05) is 32.0 Å². The Hall–Kier alpha value is -1.55. The van der Waals surface area contributed by atoms with E-state index in [2.05, 4.69) is 10.6 Å². The van der Waals surface area contributed by atoms with Crippen LogP contribution in [0.2, 0.25) is 0 Å². The van der Waals surface area contributed by atoms with Crippen molar-refractivity contribution in [2.24, 2.45) is 5.92 Å². The number of aryl methyl sites for hydroxylation is 1. The molecule has 19 heavy (non-hydrogen) atoms. The van der Waals surface area contributed by atoms with Gasteiger partial charge in [-0.1, -0.05) is 0 Å². The minimum absolute atomic E-state index is 0.0947. The first-order valence-electron chi connectivity index (χ1n) is 6.93. The third kappa shape index (κ3) is 3.96. The van der Waals surface area contributed by atoms with Gasteiger partial charge in [-0.05, 0) is 63.0 Å². The molecule has 0 spiro atoms. The number of hydrogen-bond donors (Lipinski definition) is 2. The van der Waals surface area contributed by atoms with Gasteiger partial charge in [0.25, 0.3) is 0 Å². The monoisotopic (exact) mass is 262 g/mol. The standard InChI is InChI=1S/C15H22N2O2/c1-3-19-14-5-4-13(8-11(14)2)17-15(18)9-12-6-7-16-10-12/h4-5,8,12,16H,3,6-7,9-10H2,1-2H3,(H,17,18). The third-order valence-electron chi connectivity index (χ3n) is 3.39. The van der Waals surface area contributed by atoms with Gasteiger partial charge in [0, 0.05) is 12.1 Å². The Kier molecular flexibility index (Phi) is 4.80. The van der Waals surface area contributed by atoms with E-state index in [0.717, 1.165) is 36.5 Å². The number of carbonyl (C=O) groups is 1. The number of amides is 1. The molecule has 2 N–H and O–H groups in total. The van der Waals surface area contributed by atoms with Crippen LogP contribution in [0.5, 0.6) is 5.75 Å². The lowest BCUT2D eigenvalue weighted by atomic mass is 10.0. The molecule has 0 saturated carbocycles. The lowest BCUT2D eigenvalue weighted by Crippen LogP contribution is -2.18. The van der Waals surface area contributed by atoms with E-state index >= 15 is 0 Å². The zero-order valence-corrected chi connectivity index (χ0v) is 11.7. The maximum Gasteiger partial charge on any atom is 0.224 e. The van der Waals surface area contributed by atoms with Crippen molar-refractivity contribution in [1.82, 2.24) is 5.32 Å². The number of rotatable bonds is 5. The SMILES string of the molecule is CCOc1ccc(NC(=O)CC2CCNC2)cc1C. The molecule has 0 bridgehead atoms. The zero-order chi connectivity index (χ0) is 13.7. The van der Waals surface area contributed by atoms with Crippen molar-refractivity contribution < 1.29 is 9.53 Å². The third-order valence-corrected chi connectivity index (χ3v) is 3.39. The summed E-state index contributed by atoms with van der Waals surface area (Å²) in [6, 6.07) is 5.75. The number of hydrogen-bond acceptors (Lipinski definition) is 3. The van der Waals surface area contributed by atoms with Gasteiger partial charge in [-0.3, -0.25) is 4.79 Å². The molecule has 1 saturated heterocycles. The first kappa shape index (κ1) is 13.9. The van der Waals surface area contributed by atoms with E-state index in [4.69, 9.17) is 4.74 Å². The normalized spacial score (nSPS) is 18.3. The molecule has 1 heterocycles. The van der Waals surface area contributed by atoms with Crippen LogP contribution in [0.25, 0.3) is 0 Å². The van der Waals surface area contributed by atoms with Gasteiger partial charge in [0.1, 0.15) is 5.75 Å². The first-order valence-corrected chi connectivity index (χ1v) is 6.93. The Labute approximate surface area is 114 Å². The number of anilines is 1. The summed E-state index contributed by atoms with van der Waals surface area (Å²) in [4.78, 5) is 11.9. The molecule has 1 amide bonds. The Morgan fingerprint density at radius 2 is 2.37 bits per heavy atom. The highest BCUT2D eigenvalue weighted by Gasteiger charge is 2.18. The lowest BCUT2D eigenvalue weighted by Gasteiger charge is -2.11. The summed E-state index contributed by atoms with van der Waals surface area (Å²) in [7, 11) is 0. The fourth-order valence-corrected chi connectivity index (χ4v) is 2.41. The number of nitrogens with one attached hydrogen (secondary N) is 2. The molecule has 4 heteroatoms. The number of carbonyl (C=O) groups excluding carboxylic acids is 1. The molecule has 0 aliphatic carbocycles. The minimum atomic E-state index is 0.0947. The second kappa shape index (κ2) is 6.57. The van der Waals surface area contributed by atoms with Crippen molar-refractivity contribution in [3.8, 4) is 5.75 Å². The van der Waals surface area contributed by atoms with Crippen molar-refractivity contribution in [2.75, 3.05) is 25.0 Å². The molecule has 1 aromatic rings. The van der Waals surface area contributed by atoms with Gasteiger partial charge in [-0.25, -0.2) is 0 Å². The van der Waals surface area contributed by atoms with Crippen molar-refractivity contribution in [1.29, 1.82) is 0 Å². The molecular formula is C15H22N2O2. The van der Waals surface area contributed by atoms with Crippen LogP contribution in [0.3, 0.4) is 0 Å². The second-order valence-corrected chi connectivity index (χ2v) is 5.02. The van der Waals surface area contributed by atoms with Crippen molar-refractivity contribution in [3.63, 3.8) is 0 Å². The van der Waals surface area contributed by atoms with Crippen LogP contribution in [0.1, 0.15) is 25.3 Å². The Balaban J connectivity index is 1.91. The van der Waals surface area contributed by atoms with Crippen molar-refractivity contribution in [3.05, 3.63) is 23.8 Å². The van der Waals surface area contributed by atoms with Crippen LogP contribution < -0.4 is 15.4 Å². The van der Waals surface area contributed by atoms with E-state index in [-0.39, 0.29) is 5.91 Å². The highest BCUT2D eigenvalue weighted by molar-refractivity contribution is 5.91. The molecule has 104 valence electrons. The van der Waals surface area contributed by atoms with Crippen LogP contribution >= 0.6 is 0 Å². The summed E-state index contributed by atoms with van der Waals surface area (Å²) in [5.74, 6) is 1.45. The predicted molar refractivity (Wildman–Crippen MR) is 76.6 cm³/mol. The van der Waals surface area contributed by atoms with E-state index in [9.17, 15) is 4.79 Å². The maximum atomic E-state index is 11.9. The van der Waals surface area contributed by atoms with E-state index in [1.54, 1.807) is 0 Å². The Bertz CT molecular complexity index is 440. The van der Waals surface area contributed by atoms with Crippen LogP contribution in [0.4, 0.5) is 5.69 Å². The van der Waals surface area contributed by atoms with Gasteiger partial charge < -0.3 is 15.4 Å². The van der Waals surface area contributed by atoms with Gasteiger partial charge >= 0.3 is 0 Å². The molecule has 1 unspecified atom stereocenters. The highest BCUT2D eigenvalue weighted by Crippen LogP contribution is 2.22. The average Bonchev–Trinajstić information content (AvgIpc) is 2.85. The van der Waals surface area contributed by atoms with Crippen molar-refractivity contribution >= 4 is 11.6 Å². The van der Waals surface area contributed by atoms with Gasteiger partial charge in [-0.15, -0.1) is 0 Å². The molecule has 1 atom stereocenters. The van der Waals surface area contributed by atoms with Crippen molar-refractivity contribution in [2.45, 2.75) is 26.7 Å². The molecule has 2 rings (SSSR count). The van der Waals surface area contributed by atoms with Crippen LogP contribution in [0.15, 0.2) is 18.2 Å². The van der Waals surface area contributed by atoms with Gasteiger partial charge in [0.05, 0.1) is 6.61 Å². The summed E-state index contributed by atoms with van der Waals surface area (Å²) >= 11 is 0. The van der Waals surface area contributed by atoms with E-state index < -0.39 is 0 Å². The summed E-state index contributed by atoms with van der Waals surface area (Å²) in [6.45, 7) is 6.59. The Morgan fingerprint density at radius 3 is 3.00 bits per heavy atom. The maximum absolute atomic E-state index is 11.9. The van der Waals surface area contributed by atoms with Gasteiger partial charge in [0.2, 0.25) is 5.91 Å². The first-order chi connectivity index (χ1) is 9.19. The van der Waals surface area contributed by atoms with E-state index in [0.29, 0.717) is 18.9 Å². The smallest absolute Gasteiger partial charge is 0.224 e. The fraction of sp³-hybridized carbons (Fsp3) is 0.533. The van der Waals surface area contributed by atoms with E-state index in [1.165, 1.54) is 0 Å². The summed E-state index contributed by atoms with van der Waals surface area (Å²) in [5.41, 5.74) is 1.89. The van der Waals surface area contributed by atoms with Crippen LogP contribution in [0, 0.1) is 12.8 Å². The largest absolute Gasteiger partial charge is 0.494 e. The quantitative estimate of drug-likeness (QED) is 0.856. The zero-order valence-electron chi connectivity index (χ0n) is 11.7. The number of ether oxygens (including phenoxy) is 1. The predicted octanol–water partition coefficient (Wildman–Crippen LogP) is 2.33. The summed E-state index contributed by atoms with van der Waals surface area (Å²) < 4.78 is 5.48. The average molecular weight is 262 g/mol. The van der Waals surface area contributed by atoms with Crippen LogP contribution in [-0.2, 0) is 4.79 Å². The molecule has 4 nitrogen and oxygen atoms in total. The molecular weight excluding hydrogens is 240 g/mol. The second-order valence-electron chi connectivity index (χ2n) is 5.02. The lowest BCUT2D eigenvalue weighted by molar-refractivity contribution is -0.116. The molecule has 1 fully saturated rings. The minimum Gasteiger partial charge on any atom is -0.494 e. The molecule has 0 radical (unpaired) electrons. The molecule has 1 aromatic carbocycles. The Morgan fingerprint density at radius 1 is 1.53 bits per heavy atom. The van der Waals surface area contributed by atoms with Gasteiger partial charge in [-0.2, -0.15) is 0 Å². The summed E-state index contributed by atoms with van der Waals surface area (Å²) in [6.07, 6.45) is 1.69. The molecule has 1 aliphatic heterocycles. The number of benzene rings is 1. The van der Waals surface area contributed by atoms with Crippen LogP contribution in [-0.4, -0.2) is 25.6 Å². The summed E-state index contributed by atoms with van der Waals surface area (Å²) in [5, 5.41) is 6.23. The fourth-order valence-electron chi connectivity index (χ4n) is 2.41. The topological polar surface area (TPSA) is 50.4 Å². The highest BCUT2D eigenvalue weighted by atomic mass is 16.5. The molecule has 1 aliphatic rings. The molecule has 0 aromatic heterocycles. The van der Waals surface area contributed by atoms with Gasteiger partial charge in [0.15, 0.2) is 0 Å².